The van der Waals surface area contributed by atoms with E-state index in [0.717, 1.165) is 75.0 Å². The van der Waals surface area contributed by atoms with Crippen LogP contribution in [0.5, 0.6) is 0 Å². The Morgan fingerprint density at radius 2 is 1.49 bits per heavy atom. The van der Waals surface area contributed by atoms with E-state index < -0.39 is 0 Å². The van der Waals surface area contributed by atoms with E-state index in [-0.39, 0.29) is 0 Å². The number of benzene rings is 4. The molecule has 0 saturated carbocycles. The molecule has 2 aliphatic carbocycles. The number of fused-ring (bicyclic) bond motifs is 1. The molecule has 0 N–H and O–H groups in total. The Balaban J connectivity index is 1.35. The van der Waals surface area contributed by atoms with Crippen molar-refractivity contribution in [3.05, 3.63) is 152 Å². The highest BCUT2D eigenvalue weighted by atomic mass is 79.9. The van der Waals surface area contributed by atoms with E-state index in [9.17, 15) is 0 Å². The molecule has 0 saturated heterocycles. The van der Waals surface area contributed by atoms with Crippen LogP contribution in [0.1, 0.15) is 44.9 Å². The van der Waals surface area contributed by atoms with Crippen molar-refractivity contribution in [2.75, 3.05) is 9.80 Å². The van der Waals surface area contributed by atoms with Gasteiger partial charge in [0.1, 0.15) is 11.5 Å². The average Bonchev–Trinajstić information content (AvgIpc) is 3.50. The predicted octanol–water partition coefficient (Wildman–Crippen LogP) is 13.8. The van der Waals surface area contributed by atoms with Crippen molar-refractivity contribution in [2.45, 2.75) is 40.0 Å². The smallest absolute Gasteiger partial charge is 0.134 e. The molecule has 47 heavy (non-hydrogen) atoms. The molecule has 1 unspecified atom stereocenters. The van der Waals surface area contributed by atoms with E-state index in [1.165, 1.54) is 16.7 Å². The highest BCUT2D eigenvalue weighted by Crippen LogP contribution is 2.46. The van der Waals surface area contributed by atoms with Crippen LogP contribution >= 0.6 is 39.1 Å². The highest BCUT2D eigenvalue weighted by molar-refractivity contribution is 9.10. The van der Waals surface area contributed by atoms with E-state index in [2.05, 4.69) is 144 Å². The zero-order valence-corrected chi connectivity index (χ0v) is 29.7. The monoisotopic (exact) mass is 720 g/mol. The fourth-order valence-corrected chi connectivity index (χ4v) is 7.85. The Morgan fingerprint density at radius 1 is 0.787 bits per heavy atom. The quantitative estimate of drug-likeness (QED) is 0.156. The molecule has 236 valence electrons. The van der Waals surface area contributed by atoms with Crippen LogP contribution in [0, 0.1) is 5.92 Å². The fraction of sp³-hybridized carbons (Fsp3) is 0.171. The van der Waals surface area contributed by atoms with Gasteiger partial charge in [-0.05, 0) is 132 Å². The second-order valence-electron chi connectivity index (χ2n) is 12.4. The van der Waals surface area contributed by atoms with Gasteiger partial charge in [-0.25, -0.2) is 0 Å². The predicted molar refractivity (Wildman–Crippen MR) is 203 cm³/mol. The van der Waals surface area contributed by atoms with Gasteiger partial charge in [0.15, 0.2) is 0 Å². The van der Waals surface area contributed by atoms with Crippen molar-refractivity contribution in [1.82, 2.24) is 0 Å². The molecule has 7 rings (SSSR count). The van der Waals surface area contributed by atoms with Gasteiger partial charge < -0.3 is 14.2 Å². The average molecular weight is 723 g/mol. The summed E-state index contributed by atoms with van der Waals surface area (Å²) in [5, 5.41) is 1.22. The van der Waals surface area contributed by atoms with Crippen LogP contribution in [-0.2, 0) is 6.42 Å². The molecule has 0 radical (unpaired) electrons. The summed E-state index contributed by atoms with van der Waals surface area (Å²) in [5.41, 5.74) is 10.8. The first-order chi connectivity index (χ1) is 22.8. The molecular weight excluding hydrogens is 687 g/mol. The second kappa shape index (κ2) is 13.3. The van der Waals surface area contributed by atoms with Gasteiger partial charge >= 0.3 is 0 Å². The molecule has 3 nitrogen and oxygen atoms in total. The molecule has 1 heterocycles. The third kappa shape index (κ3) is 6.35. The van der Waals surface area contributed by atoms with Crippen LogP contribution in [-0.4, -0.2) is 0 Å². The van der Waals surface area contributed by atoms with Crippen molar-refractivity contribution >= 4 is 73.6 Å². The molecule has 0 amide bonds. The van der Waals surface area contributed by atoms with Gasteiger partial charge in [0.2, 0.25) is 0 Å². The fourth-order valence-electron chi connectivity index (χ4n) is 6.86. The summed E-state index contributed by atoms with van der Waals surface area (Å²) < 4.78 is 7.01. The minimum Gasteiger partial charge on any atom is -0.460 e. The van der Waals surface area contributed by atoms with Crippen LogP contribution in [0.15, 0.2) is 135 Å². The first kappa shape index (κ1) is 31.6. The van der Waals surface area contributed by atoms with E-state index in [1.807, 2.05) is 18.2 Å². The van der Waals surface area contributed by atoms with Gasteiger partial charge in [-0.2, -0.15) is 0 Å². The SMILES string of the molecule is CC1=CC(C)CC(C)=C1N(c1cccc(N(c2ccccc2)c2ccc(-c3cc4c(o3)CCC=C4)cc2)c1)c1cc(Cl)cc(Br)c1Cl. The lowest BCUT2D eigenvalue weighted by molar-refractivity contribution is 0.520. The standard InChI is InChI=1S/C41H35BrCl2N2O/c1-26-20-27(2)41(28(3)21-26)46(37-24-31(43)23-36(42)40(37)44)35-14-9-13-34(25-35)45(32-11-5-4-6-12-32)33-18-16-29(17-19-33)39-22-30-10-7-8-15-38(30)47-39/h4-7,9-14,16-20,22-26H,8,15,21H2,1-3H3. The van der Waals surface area contributed by atoms with Crippen LogP contribution < -0.4 is 9.80 Å². The van der Waals surface area contributed by atoms with E-state index in [0.29, 0.717) is 16.0 Å². The Kier molecular flexibility index (Phi) is 8.93. The molecule has 2 aliphatic rings. The maximum Gasteiger partial charge on any atom is 0.134 e. The number of aryl methyl sites for hydroxylation is 1. The largest absolute Gasteiger partial charge is 0.460 e. The maximum atomic E-state index is 7.03. The van der Waals surface area contributed by atoms with Gasteiger partial charge in [0.25, 0.3) is 0 Å². The number of hydrogen-bond acceptors (Lipinski definition) is 3. The number of rotatable bonds is 7. The summed E-state index contributed by atoms with van der Waals surface area (Å²) in [6.45, 7) is 6.66. The lowest BCUT2D eigenvalue weighted by atomic mass is 9.89. The van der Waals surface area contributed by atoms with Gasteiger partial charge in [-0.15, -0.1) is 0 Å². The summed E-state index contributed by atoms with van der Waals surface area (Å²) in [7, 11) is 0. The van der Waals surface area contributed by atoms with Crippen molar-refractivity contribution in [2.24, 2.45) is 5.92 Å². The highest BCUT2D eigenvalue weighted by Gasteiger charge is 2.26. The summed E-state index contributed by atoms with van der Waals surface area (Å²) in [4.78, 5) is 4.54. The van der Waals surface area contributed by atoms with E-state index in [1.54, 1.807) is 0 Å². The van der Waals surface area contributed by atoms with Crippen LogP contribution in [0.25, 0.3) is 17.4 Å². The molecule has 0 fully saturated rings. The number of halogens is 3. The Labute approximate surface area is 295 Å². The van der Waals surface area contributed by atoms with Crippen LogP contribution in [0.2, 0.25) is 10.0 Å². The van der Waals surface area contributed by atoms with Gasteiger partial charge in [-0.3, -0.25) is 0 Å². The molecule has 4 aromatic carbocycles. The van der Waals surface area contributed by atoms with Crippen LogP contribution in [0.4, 0.5) is 28.4 Å². The number of para-hydroxylation sites is 1. The third-order valence-corrected chi connectivity index (χ3v) is 10.3. The number of nitrogens with zero attached hydrogens (tertiary/aromatic N) is 2. The van der Waals surface area contributed by atoms with Gasteiger partial charge in [-0.1, -0.05) is 72.6 Å². The zero-order valence-electron chi connectivity index (χ0n) is 26.6. The first-order valence-electron chi connectivity index (χ1n) is 15.9. The van der Waals surface area contributed by atoms with Gasteiger partial charge in [0.05, 0.1) is 10.7 Å². The molecule has 0 spiro atoms. The number of furan rings is 1. The topological polar surface area (TPSA) is 19.6 Å². The zero-order chi connectivity index (χ0) is 32.7. The molecule has 5 aromatic rings. The molecule has 6 heteroatoms. The number of hydrogen-bond donors (Lipinski definition) is 0. The summed E-state index contributed by atoms with van der Waals surface area (Å²) in [5.74, 6) is 2.43. The van der Waals surface area contributed by atoms with Crippen molar-refractivity contribution in [1.29, 1.82) is 0 Å². The van der Waals surface area contributed by atoms with Crippen molar-refractivity contribution in [3.8, 4) is 11.3 Å². The number of allylic oxidation sites excluding steroid dienone is 4. The Bertz CT molecular complexity index is 2040. The third-order valence-electron chi connectivity index (χ3n) is 8.83. The maximum absolute atomic E-state index is 7.03. The van der Waals surface area contributed by atoms with Crippen LogP contribution in [0.3, 0.4) is 0 Å². The molecular formula is C41H35BrCl2N2O. The minimum absolute atomic E-state index is 0.466. The van der Waals surface area contributed by atoms with E-state index >= 15 is 0 Å². The molecule has 0 bridgehead atoms. The Hall–Kier alpha value is -3.96. The minimum atomic E-state index is 0.466. The summed E-state index contributed by atoms with van der Waals surface area (Å²) in [6, 6.07) is 33.6. The lowest BCUT2D eigenvalue weighted by Crippen LogP contribution is -2.22. The molecule has 1 atom stereocenters. The summed E-state index contributed by atoms with van der Waals surface area (Å²) in [6.07, 6.45) is 9.65. The molecule has 0 aliphatic heterocycles. The normalized spacial score (nSPS) is 15.8. The van der Waals surface area contributed by atoms with Crippen molar-refractivity contribution < 1.29 is 4.42 Å². The van der Waals surface area contributed by atoms with Crippen molar-refractivity contribution in [3.63, 3.8) is 0 Å². The van der Waals surface area contributed by atoms with E-state index in [4.69, 9.17) is 27.6 Å². The first-order valence-corrected chi connectivity index (χ1v) is 17.5. The second-order valence-corrected chi connectivity index (χ2v) is 14.1. The summed E-state index contributed by atoms with van der Waals surface area (Å²) >= 11 is 17.3. The lowest BCUT2D eigenvalue weighted by Gasteiger charge is -2.35. The molecule has 1 aromatic heterocycles. The number of anilines is 5. The van der Waals surface area contributed by atoms with Gasteiger partial charge in [0, 0.05) is 55.5 Å². The Morgan fingerprint density at radius 3 is 2.21 bits per heavy atom.